The third kappa shape index (κ3) is 5.42. The topological polar surface area (TPSA) is 87.3 Å². The number of nitrogens with one attached hydrogen (secondary N) is 3. The Kier molecular flexibility index (Phi) is 5.84. The molecular formula is C18H18FN3O3. The van der Waals surface area contributed by atoms with Gasteiger partial charge >= 0.3 is 0 Å². The van der Waals surface area contributed by atoms with E-state index < -0.39 is 11.7 Å². The maximum Gasteiger partial charge on any atom is 0.255 e. The van der Waals surface area contributed by atoms with Crippen LogP contribution in [-0.2, 0) is 16.1 Å². The average Bonchev–Trinajstić information content (AvgIpc) is 2.56. The fraction of sp³-hybridized carbons (Fsp3) is 0.167. The highest BCUT2D eigenvalue weighted by atomic mass is 19.1. The van der Waals surface area contributed by atoms with Crippen LogP contribution in [0.1, 0.15) is 29.8 Å². The minimum atomic E-state index is -0.607. The minimum absolute atomic E-state index is 0.0291. The van der Waals surface area contributed by atoms with Crippen molar-refractivity contribution >= 4 is 29.1 Å². The van der Waals surface area contributed by atoms with Crippen LogP contribution in [0.2, 0.25) is 0 Å². The van der Waals surface area contributed by atoms with Crippen molar-refractivity contribution in [3.8, 4) is 0 Å². The van der Waals surface area contributed by atoms with Crippen molar-refractivity contribution < 1.29 is 18.8 Å². The fourth-order valence-electron chi connectivity index (χ4n) is 2.10. The maximum atomic E-state index is 13.9. The molecule has 2 aromatic rings. The van der Waals surface area contributed by atoms with Crippen LogP contribution in [0.15, 0.2) is 42.5 Å². The molecule has 0 saturated heterocycles. The predicted octanol–water partition coefficient (Wildman–Crippen LogP) is 2.67. The Labute approximate surface area is 144 Å². The molecule has 0 saturated carbocycles. The third-order valence-corrected chi connectivity index (χ3v) is 3.29. The summed E-state index contributed by atoms with van der Waals surface area (Å²) in [4.78, 5) is 34.2. The standard InChI is InChI=1S/C18H18FN3O3/c1-11(23)20-10-13-3-5-14(6-4-13)18(25)22-17-9-15(21-12(2)24)7-8-16(17)19/h3-9H,10H2,1-2H3,(H,20,23)(H,21,24)(H,22,25). The minimum Gasteiger partial charge on any atom is -0.352 e. The van der Waals surface area contributed by atoms with Gasteiger partial charge in [-0.2, -0.15) is 0 Å². The van der Waals surface area contributed by atoms with E-state index in [9.17, 15) is 18.8 Å². The lowest BCUT2D eigenvalue weighted by molar-refractivity contribution is -0.119. The molecule has 7 heteroatoms. The van der Waals surface area contributed by atoms with Gasteiger partial charge in [-0.05, 0) is 35.9 Å². The van der Waals surface area contributed by atoms with Gasteiger partial charge in [0.2, 0.25) is 11.8 Å². The van der Waals surface area contributed by atoms with Crippen molar-refractivity contribution in [1.82, 2.24) is 5.32 Å². The Morgan fingerprint density at radius 1 is 0.920 bits per heavy atom. The summed E-state index contributed by atoms with van der Waals surface area (Å²) in [6.07, 6.45) is 0. The lowest BCUT2D eigenvalue weighted by Gasteiger charge is -2.10. The Morgan fingerprint density at radius 3 is 2.20 bits per heavy atom. The van der Waals surface area contributed by atoms with E-state index in [-0.39, 0.29) is 17.5 Å². The molecule has 0 bridgehead atoms. The van der Waals surface area contributed by atoms with Gasteiger partial charge in [0.25, 0.3) is 5.91 Å². The highest BCUT2D eigenvalue weighted by Gasteiger charge is 2.11. The molecule has 0 atom stereocenters. The number of benzene rings is 2. The monoisotopic (exact) mass is 343 g/mol. The van der Waals surface area contributed by atoms with E-state index in [2.05, 4.69) is 16.0 Å². The van der Waals surface area contributed by atoms with Crippen molar-refractivity contribution in [2.45, 2.75) is 20.4 Å². The Morgan fingerprint density at radius 2 is 1.60 bits per heavy atom. The molecule has 25 heavy (non-hydrogen) atoms. The predicted molar refractivity (Wildman–Crippen MR) is 92.6 cm³/mol. The molecule has 6 nitrogen and oxygen atoms in total. The molecule has 0 fully saturated rings. The van der Waals surface area contributed by atoms with Gasteiger partial charge in [-0.3, -0.25) is 14.4 Å². The van der Waals surface area contributed by atoms with E-state index in [4.69, 9.17) is 0 Å². The van der Waals surface area contributed by atoms with E-state index >= 15 is 0 Å². The quantitative estimate of drug-likeness (QED) is 0.780. The van der Waals surface area contributed by atoms with Crippen LogP contribution in [0.4, 0.5) is 15.8 Å². The number of amides is 3. The third-order valence-electron chi connectivity index (χ3n) is 3.29. The summed E-state index contributed by atoms with van der Waals surface area (Å²) in [6, 6.07) is 10.5. The van der Waals surface area contributed by atoms with E-state index in [0.717, 1.165) is 11.6 Å². The highest BCUT2D eigenvalue weighted by Crippen LogP contribution is 2.20. The second-order valence-electron chi connectivity index (χ2n) is 5.44. The van der Waals surface area contributed by atoms with Crippen LogP contribution in [0.3, 0.4) is 0 Å². The second kappa shape index (κ2) is 8.05. The summed E-state index contributed by atoms with van der Waals surface area (Å²) in [5.41, 5.74) is 1.54. The molecular weight excluding hydrogens is 325 g/mol. The first-order valence-electron chi connectivity index (χ1n) is 7.57. The molecule has 0 aliphatic carbocycles. The second-order valence-corrected chi connectivity index (χ2v) is 5.44. The first-order valence-corrected chi connectivity index (χ1v) is 7.57. The zero-order valence-electron chi connectivity index (χ0n) is 13.9. The van der Waals surface area contributed by atoms with Gasteiger partial charge in [0.15, 0.2) is 0 Å². The zero-order chi connectivity index (χ0) is 18.4. The van der Waals surface area contributed by atoms with Crippen LogP contribution < -0.4 is 16.0 Å². The maximum absolute atomic E-state index is 13.9. The normalized spacial score (nSPS) is 10.0. The smallest absolute Gasteiger partial charge is 0.255 e. The first kappa shape index (κ1) is 18.1. The van der Waals surface area contributed by atoms with Crippen molar-refractivity contribution in [2.24, 2.45) is 0 Å². The van der Waals surface area contributed by atoms with E-state index in [0.29, 0.717) is 17.8 Å². The molecule has 0 radical (unpaired) electrons. The first-order chi connectivity index (χ1) is 11.8. The lowest BCUT2D eigenvalue weighted by Crippen LogP contribution is -2.19. The molecule has 0 aliphatic heterocycles. The van der Waals surface area contributed by atoms with Crippen LogP contribution >= 0.6 is 0 Å². The largest absolute Gasteiger partial charge is 0.352 e. The molecule has 0 heterocycles. The van der Waals surface area contributed by atoms with Gasteiger partial charge in [0.1, 0.15) is 5.82 Å². The van der Waals surface area contributed by atoms with Crippen molar-refractivity contribution in [3.05, 3.63) is 59.4 Å². The van der Waals surface area contributed by atoms with Gasteiger partial charge in [0.05, 0.1) is 5.69 Å². The summed E-state index contributed by atoms with van der Waals surface area (Å²) in [6.45, 7) is 3.13. The van der Waals surface area contributed by atoms with Gasteiger partial charge in [-0.25, -0.2) is 4.39 Å². The molecule has 0 unspecified atom stereocenters. The lowest BCUT2D eigenvalue weighted by atomic mass is 10.1. The van der Waals surface area contributed by atoms with Crippen LogP contribution in [-0.4, -0.2) is 17.7 Å². The fourth-order valence-corrected chi connectivity index (χ4v) is 2.10. The van der Waals surface area contributed by atoms with E-state index in [1.54, 1.807) is 24.3 Å². The summed E-state index contributed by atoms with van der Waals surface area (Å²) in [5.74, 6) is -1.52. The van der Waals surface area contributed by atoms with Gasteiger partial charge in [-0.15, -0.1) is 0 Å². The molecule has 130 valence electrons. The van der Waals surface area contributed by atoms with E-state index in [1.165, 1.54) is 26.0 Å². The summed E-state index contributed by atoms with van der Waals surface area (Å²) in [5, 5.41) is 7.66. The number of hydrogen-bond donors (Lipinski definition) is 3. The van der Waals surface area contributed by atoms with Crippen LogP contribution in [0.25, 0.3) is 0 Å². The molecule has 0 aromatic heterocycles. The molecule has 2 rings (SSSR count). The van der Waals surface area contributed by atoms with Gasteiger partial charge < -0.3 is 16.0 Å². The number of halogens is 1. The molecule has 2 aromatic carbocycles. The number of anilines is 2. The Balaban J connectivity index is 2.08. The average molecular weight is 343 g/mol. The molecule has 3 N–H and O–H groups in total. The number of hydrogen-bond acceptors (Lipinski definition) is 3. The molecule has 3 amide bonds. The summed E-state index contributed by atoms with van der Waals surface area (Å²) < 4.78 is 13.9. The SMILES string of the molecule is CC(=O)NCc1ccc(C(=O)Nc2cc(NC(C)=O)ccc2F)cc1. The number of carbonyl (C=O) groups excluding carboxylic acids is 3. The molecule has 0 aliphatic rings. The summed E-state index contributed by atoms with van der Waals surface area (Å²) in [7, 11) is 0. The van der Waals surface area contributed by atoms with E-state index in [1.807, 2.05) is 0 Å². The number of rotatable bonds is 5. The zero-order valence-corrected chi connectivity index (χ0v) is 13.9. The van der Waals surface area contributed by atoms with Gasteiger partial charge in [-0.1, -0.05) is 12.1 Å². The van der Waals surface area contributed by atoms with Crippen molar-refractivity contribution in [2.75, 3.05) is 10.6 Å². The Hall–Kier alpha value is -3.22. The van der Waals surface area contributed by atoms with Gasteiger partial charge in [0, 0.05) is 31.6 Å². The highest BCUT2D eigenvalue weighted by molar-refractivity contribution is 6.04. The Bertz CT molecular complexity index is 804. The van der Waals surface area contributed by atoms with Crippen molar-refractivity contribution in [3.63, 3.8) is 0 Å². The van der Waals surface area contributed by atoms with Crippen molar-refractivity contribution in [1.29, 1.82) is 0 Å². The van der Waals surface area contributed by atoms with Crippen LogP contribution in [0, 0.1) is 5.82 Å². The molecule has 0 spiro atoms. The van der Waals surface area contributed by atoms with Crippen LogP contribution in [0.5, 0.6) is 0 Å². The number of carbonyl (C=O) groups is 3. The summed E-state index contributed by atoms with van der Waals surface area (Å²) >= 11 is 0.